The van der Waals surface area contributed by atoms with Gasteiger partial charge in [0.05, 0.1) is 5.60 Å². The zero-order valence-electron chi connectivity index (χ0n) is 10.3. The minimum atomic E-state index is -0.518. The Kier molecular flexibility index (Phi) is 3.81. The Balaban J connectivity index is 2.68. The van der Waals surface area contributed by atoms with Crippen molar-refractivity contribution in [2.24, 2.45) is 0 Å². The number of rotatable bonds is 1. The average molecular weight is 210 g/mol. The third-order valence-electron chi connectivity index (χ3n) is 2.82. The van der Waals surface area contributed by atoms with Crippen LogP contribution in [0.5, 0.6) is 0 Å². The van der Waals surface area contributed by atoms with E-state index in [1.54, 1.807) is 0 Å². The maximum Gasteiger partial charge on any atom is 0.126 e. The quantitative estimate of drug-likeness (QED) is 0.674. The van der Waals surface area contributed by atoms with E-state index in [1.165, 1.54) is 0 Å². The minimum Gasteiger partial charge on any atom is -0.380 e. The van der Waals surface area contributed by atoms with Gasteiger partial charge in [-0.3, -0.25) is 0 Å². The lowest BCUT2D eigenvalue weighted by atomic mass is 9.88. The van der Waals surface area contributed by atoms with Gasteiger partial charge in [0.2, 0.25) is 0 Å². The van der Waals surface area contributed by atoms with E-state index >= 15 is 0 Å². The molecular formula is C13H22O2. The summed E-state index contributed by atoms with van der Waals surface area (Å²) in [5, 5.41) is 9.40. The van der Waals surface area contributed by atoms with Crippen LogP contribution in [0.4, 0.5) is 0 Å². The first kappa shape index (κ1) is 12.5. The first-order valence-corrected chi connectivity index (χ1v) is 5.78. The molecule has 0 aromatic rings. The molecule has 0 aromatic carbocycles. The molecule has 0 spiro atoms. The van der Waals surface area contributed by atoms with Gasteiger partial charge in [0.15, 0.2) is 0 Å². The van der Waals surface area contributed by atoms with Crippen molar-refractivity contribution in [3.05, 3.63) is 0 Å². The maximum atomic E-state index is 9.40. The molecule has 0 amide bonds. The first-order valence-electron chi connectivity index (χ1n) is 5.78. The number of aliphatic hydroxyl groups excluding tert-OH is 1. The summed E-state index contributed by atoms with van der Waals surface area (Å²) in [6, 6.07) is 0. The zero-order chi connectivity index (χ0) is 11.5. The van der Waals surface area contributed by atoms with E-state index < -0.39 is 6.10 Å². The SMILES string of the molecule is CC[C@@H](O)C#C[C@@]1(C)CCCC(C)(C)O1. The summed E-state index contributed by atoms with van der Waals surface area (Å²) in [6.45, 7) is 8.14. The molecule has 0 unspecified atom stereocenters. The Morgan fingerprint density at radius 3 is 2.53 bits per heavy atom. The van der Waals surface area contributed by atoms with E-state index in [-0.39, 0.29) is 11.2 Å². The van der Waals surface area contributed by atoms with Gasteiger partial charge < -0.3 is 9.84 Å². The van der Waals surface area contributed by atoms with E-state index in [1.807, 2.05) is 13.8 Å². The summed E-state index contributed by atoms with van der Waals surface area (Å²) >= 11 is 0. The van der Waals surface area contributed by atoms with Crippen molar-refractivity contribution in [2.45, 2.75) is 70.7 Å². The van der Waals surface area contributed by atoms with Crippen molar-refractivity contribution in [3.8, 4) is 11.8 Å². The highest BCUT2D eigenvalue weighted by molar-refractivity contribution is 5.17. The van der Waals surface area contributed by atoms with Crippen LogP contribution in [0.2, 0.25) is 0 Å². The first-order chi connectivity index (χ1) is 6.87. The van der Waals surface area contributed by atoms with Gasteiger partial charge in [0, 0.05) is 0 Å². The predicted octanol–water partition coefficient (Wildman–Crippen LogP) is 2.50. The van der Waals surface area contributed by atoms with Crippen molar-refractivity contribution >= 4 is 0 Å². The van der Waals surface area contributed by atoms with Crippen molar-refractivity contribution < 1.29 is 9.84 Å². The Hall–Kier alpha value is -0.520. The van der Waals surface area contributed by atoms with E-state index in [0.717, 1.165) is 19.3 Å². The summed E-state index contributed by atoms with van der Waals surface area (Å²) < 4.78 is 5.97. The summed E-state index contributed by atoms with van der Waals surface area (Å²) in [6.07, 6.45) is 3.34. The molecule has 1 fully saturated rings. The fraction of sp³-hybridized carbons (Fsp3) is 0.846. The van der Waals surface area contributed by atoms with Gasteiger partial charge in [-0.1, -0.05) is 18.8 Å². The maximum absolute atomic E-state index is 9.40. The lowest BCUT2D eigenvalue weighted by Gasteiger charge is -2.40. The van der Waals surface area contributed by atoms with Crippen molar-refractivity contribution in [1.29, 1.82) is 0 Å². The molecule has 0 aliphatic carbocycles. The fourth-order valence-electron chi connectivity index (χ4n) is 1.99. The highest BCUT2D eigenvalue weighted by Crippen LogP contribution is 2.34. The van der Waals surface area contributed by atoms with Gasteiger partial charge in [-0.2, -0.15) is 0 Å². The number of ether oxygens (including phenoxy) is 1. The summed E-state index contributed by atoms with van der Waals surface area (Å²) in [4.78, 5) is 0. The minimum absolute atomic E-state index is 0.0845. The topological polar surface area (TPSA) is 29.5 Å². The summed E-state index contributed by atoms with van der Waals surface area (Å²) in [5.41, 5.74) is -0.462. The van der Waals surface area contributed by atoms with E-state index in [4.69, 9.17) is 4.74 Å². The van der Waals surface area contributed by atoms with Gasteiger partial charge in [-0.25, -0.2) is 0 Å². The molecule has 15 heavy (non-hydrogen) atoms. The van der Waals surface area contributed by atoms with Crippen LogP contribution in [0, 0.1) is 11.8 Å². The molecule has 0 radical (unpaired) electrons. The monoisotopic (exact) mass is 210 g/mol. The molecule has 0 saturated carbocycles. The smallest absolute Gasteiger partial charge is 0.126 e. The Morgan fingerprint density at radius 2 is 2.00 bits per heavy atom. The number of aliphatic hydroxyl groups is 1. The van der Waals surface area contributed by atoms with Crippen LogP contribution in [0.1, 0.15) is 53.4 Å². The third kappa shape index (κ3) is 3.85. The predicted molar refractivity (Wildman–Crippen MR) is 61.5 cm³/mol. The van der Waals surface area contributed by atoms with Crippen molar-refractivity contribution in [3.63, 3.8) is 0 Å². The lowest BCUT2D eigenvalue weighted by Crippen LogP contribution is -2.42. The van der Waals surface area contributed by atoms with Crippen LogP contribution in [-0.2, 0) is 4.74 Å². The second-order valence-corrected chi connectivity index (χ2v) is 5.14. The Bertz CT molecular complexity index is 272. The number of hydrogen-bond donors (Lipinski definition) is 1. The van der Waals surface area contributed by atoms with Gasteiger partial charge in [-0.05, 0) is 46.5 Å². The summed E-state index contributed by atoms with van der Waals surface area (Å²) in [5.74, 6) is 5.94. The molecule has 1 N–H and O–H groups in total. The molecule has 1 rings (SSSR count). The molecule has 1 aliphatic rings. The van der Waals surface area contributed by atoms with Crippen LogP contribution < -0.4 is 0 Å². The van der Waals surface area contributed by atoms with E-state index in [9.17, 15) is 5.11 Å². The molecule has 2 heteroatoms. The molecule has 1 heterocycles. The van der Waals surface area contributed by atoms with E-state index in [0.29, 0.717) is 6.42 Å². The highest BCUT2D eigenvalue weighted by atomic mass is 16.5. The second-order valence-electron chi connectivity index (χ2n) is 5.14. The van der Waals surface area contributed by atoms with Crippen LogP contribution in [0.3, 0.4) is 0 Å². The number of hydrogen-bond acceptors (Lipinski definition) is 2. The third-order valence-corrected chi connectivity index (χ3v) is 2.82. The van der Waals surface area contributed by atoms with Gasteiger partial charge in [0.1, 0.15) is 11.7 Å². The second kappa shape index (κ2) is 4.55. The molecule has 1 aliphatic heterocycles. The van der Waals surface area contributed by atoms with Gasteiger partial charge >= 0.3 is 0 Å². The Morgan fingerprint density at radius 1 is 1.33 bits per heavy atom. The standard InChI is InChI=1S/C13H22O2/c1-5-11(14)7-10-13(4)9-6-8-12(2,3)15-13/h11,14H,5-6,8-9H2,1-4H3/t11-,13-/m1/s1. The van der Waals surface area contributed by atoms with Crippen LogP contribution in [-0.4, -0.2) is 22.4 Å². The van der Waals surface area contributed by atoms with Crippen molar-refractivity contribution in [2.75, 3.05) is 0 Å². The normalized spacial score (nSPS) is 31.5. The van der Waals surface area contributed by atoms with Crippen LogP contribution >= 0.6 is 0 Å². The van der Waals surface area contributed by atoms with Gasteiger partial charge in [-0.15, -0.1) is 0 Å². The zero-order valence-corrected chi connectivity index (χ0v) is 10.3. The Labute approximate surface area is 93.0 Å². The average Bonchev–Trinajstić information content (AvgIpc) is 2.12. The van der Waals surface area contributed by atoms with E-state index in [2.05, 4.69) is 25.7 Å². The summed E-state index contributed by atoms with van der Waals surface area (Å²) in [7, 11) is 0. The highest BCUT2D eigenvalue weighted by Gasteiger charge is 2.35. The molecule has 86 valence electrons. The molecule has 1 saturated heterocycles. The van der Waals surface area contributed by atoms with Gasteiger partial charge in [0.25, 0.3) is 0 Å². The molecule has 2 atom stereocenters. The molecule has 2 nitrogen and oxygen atoms in total. The fourth-order valence-corrected chi connectivity index (χ4v) is 1.99. The van der Waals surface area contributed by atoms with Crippen LogP contribution in [0.25, 0.3) is 0 Å². The lowest BCUT2D eigenvalue weighted by molar-refractivity contribution is -0.135. The largest absolute Gasteiger partial charge is 0.380 e. The van der Waals surface area contributed by atoms with Crippen LogP contribution in [0.15, 0.2) is 0 Å². The molecule has 0 bridgehead atoms. The molecule has 0 aromatic heterocycles. The van der Waals surface area contributed by atoms with Crippen molar-refractivity contribution in [1.82, 2.24) is 0 Å². The molecular weight excluding hydrogens is 188 g/mol.